The van der Waals surface area contributed by atoms with Crippen LogP contribution in [-0.4, -0.2) is 19.8 Å². The first kappa shape index (κ1) is 10.9. The van der Waals surface area contributed by atoms with Crippen LogP contribution in [0.5, 0.6) is 11.5 Å². The van der Waals surface area contributed by atoms with E-state index in [4.69, 9.17) is 15.2 Å². The predicted molar refractivity (Wildman–Crippen MR) is 56.8 cm³/mol. The molecule has 78 valence electrons. The van der Waals surface area contributed by atoms with Gasteiger partial charge in [-0.2, -0.15) is 0 Å². The Kier molecular flexibility index (Phi) is 4.26. The second kappa shape index (κ2) is 5.50. The number of methoxy groups -OCH3 is 1. The molecule has 0 aromatic heterocycles. The summed E-state index contributed by atoms with van der Waals surface area (Å²) in [6.07, 6.45) is 0.912. The minimum Gasteiger partial charge on any atom is -0.493 e. The van der Waals surface area contributed by atoms with Gasteiger partial charge in [0.25, 0.3) is 0 Å². The number of nitrogens with two attached hydrogens (primary N) is 1. The summed E-state index contributed by atoms with van der Waals surface area (Å²) in [5.41, 5.74) is 5.75. The number of ether oxygens (including phenoxy) is 2. The van der Waals surface area contributed by atoms with E-state index in [2.05, 4.69) is 0 Å². The van der Waals surface area contributed by atoms with Gasteiger partial charge in [0.15, 0.2) is 11.5 Å². The van der Waals surface area contributed by atoms with Gasteiger partial charge in [0.2, 0.25) is 0 Å². The Morgan fingerprint density at radius 2 is 1.93 bits per heavy atom. The van der Waals surface area contributed by atoms with Gasteiger partial charge >= 0.3 is 0 Å². The zero-order valence-electron chi connectivity index (χ0n) is 8.69. The molecule has 0 spiro atoms. The molecule has 0 radical (unpaired) electrons. The van der Waals surface area contributed by atoms with E-state index in [1.165, 1.54) is 0 Å². The molecule has 3 heteroatoms. The predicted octanol–water partition coefficient (Wildman–Crippen LogP) is 1.81. The highest BCUT2D eigenvalue weighted by molar-refractivity contribution is 5.39. The van der Waals surface area contributed by atoms with Crippen molar-refractivity contribution in [3.63, 3.8) is 0 Å². The van der Waals surface area contributed by atoms with Crippen LogP contribution in [-0.2, 0) is 0 Å². The summed E-state index contributed by atoms with van der Waals surface area (Å²) in [5, 5.41) is 0. The minimum absolute atomic E-state index is 0.0833. The Balaban J connectivity index is 2.57. The Hall–Kier alpha value is -1.22. The van der Waals surface area contributed by atoms with Crippen LogP contribution in [0.2, 0.25) is 0 Å². The third-order valence-electron chi connectivity index (χ3n) is 2.05. The van der Waals surface area contributed by atoms with Gasteiger partial charge in [-0.05, 0) is 18.6 Å². The summed E-state index contributed by atoms with van der Waals surface area (Å²) >= 11 is 0. The highest BCUT2D eigenvalue weighted by Gasteiger charge is 2.04. The van der Waals surface area contributed by atoms with E-state index in [0.717, 1.165) is 17.9 Å². The van der Waals surface area contributed by atoms with Gasteiger partial charge in [-0.1, -0.05) is 19.1 Å². The molecule has 1 rings (SSSR count). The standard InChI is InChI=1S/C11H17NO2/c1-3-9(12)8-14-11-7-5-4-6-10(11)13-2/h4-7,9H,3,8,12H2,1-2H3. The maximum absolute atomic E-state index is 5.75. The van der Waals surface area contributed by atoms with Crippen molar-refractivity contribution in [1.29, 1.82) is 0 Å². The molecule has 2 N–H and O–H groups in total. The summed E-state index contributed by atoms with van der Waals surface area (Å²) in [4.78, 5) is 0. The topological polar surface area (TPSA) is 44.5 Å². The smallest absolute Gasteiger partial charge is 0.161 e. The maximum Gasteiger partial charge on any atom is 0.161 e. The quantitative estimate of drug-likeness (QED) is 0.779. The Labute approximate surface area is 84.8 Å². The van der Waals surface area contributed by atoms with Crippen molar-refractivity contribution in [2.45, 2.75) is 19.4 Å². The monoisotopic (exact) mass is 195 g/mol. The molecule has 1 aromatic rings. The first-order valence-electron chi connectivity index (χ1n) is 4.79. The lowest BCUT2D eigenvalue weighted by atomic mass is 10.2. The molecule has 3 nitrogen and oxygen atoms in total. The SMILES string of the molecule is CCC(N)COc1ccccc1OC. The third kappa shape index (κ3) is 2.92. The van der Waals surface area contributed by atoms with Crippen LogP contribution < -0.4 is 15.2 Å². The van der Waals surface area contributed by atoms with Gasteiger partial charge in [-0.15, -0.1) is 0 Å². The molecule has 0 aliphatic carbocycles. The van der Waals surface area contributed by atoms with Crippen molar-refractivity contribution in [3.05, 3.63) is 24.3 Å². The highest BCUT2D eigenvalue weighted by atomic mass is 16.5. The van der Waals surface area contributed by atoms with Gasteiger partial charge in [-0.25, -0.2) is 0 Å². The molecule has 0 fully saturated rings. The zero-order chi connectivity index (χ0) is 10.4. The molecule has 0 saturated carbocycles. The first-order chi connectivity index (χ1) is 6.77. The summed E-state index contributed by atoms with van der Waals surface area (Å²) in [7, 11) is 1.63. The molecule has 0 aliphatic rings. The summed E-state index contributed by atoms with van der Waals surface area (Å²) < 4.78 is 10.7. The van der Waals surface area contributed by atoms with Crippen molar-refractivity contribution in [2.75, 3.05) is 13.7 Å². The molecule has 0 aliphatic heterocycles. The molecular formula is C11H17NO2. The number of rotatable bonds is 5. The van der Waals surface area contributed by atoms with Crippen LogP contribution in [0, 0.1) is 0 Å². The van der Waals surface area contributed by atoms with E-state index < -0.39 is 0 Å². The second-order valence-electron chi connectivity index (χ2n) is 3.13. The van der Waals surface area contributed by atoms with Crippen molar-refractivity contribution >= 4 is 0 Å². The van der Waals surface area contributed by atoms with Crippen molar-refractivity contribution in [3.8, 4) is 11.5 Å². The number of para-hydroxylation sites is 2. The number of benzene rings is 1. The fourth-order valence-electron chi connectivity index (χ4n) is 1.05. The van der Waals surface area contributed by atoms with E-state index in [-0.39, 0.29) is 6.04 Å². The molecule has 14 heavy (non-hydrogen) atoms. The molecule has 0 heterocycles. The van der Waals surface area contributed by atoms with Crippen molar-refractivity contribution in [1.82, 2.24) is 0 Å². The van der Waals surface area contributed by atoms with E-state index >= 15 is 0 Å². The normalized spacial score (nSPS) is 12.2. The van der Waals surface area contributed by atoms with Crippen molar-refractivity contribution < 1.29 is 9.47 Å². The van der Waals surface area contributed by atoms with Gasteiger partial charge < -0.3 is 15.2 Å². The lowest BCUT2D eigenvalue weighted by Gasteiger charge is -2.13. The van der Waals surface area contributed by atoms with E-state index in [1.54, 1.807) is 7.11 Å². The fraction of sp³-hybridized carbons (Fsp3) is 0.455. The van der Waals surface area contributed by atoms with Crippen LogP contribution in [0.15, 0.2) is 24.3 Å². The third-order valence-corrected chi connectivity index (χ3v) is 2.05. The average molecular weight is 195 g/mol. The van der Waals surface area contributed by atoms with E-state index in [0.29, 0.717) is 6.61 Å². The van der Waals surface area contributed by atoms with Gasteiger partial charge in [-0.3, -0.25) is 0 Å². The fourth-order valence-corrected chi connectivity index (χ4v) is 1.05. The summed E-state index contributed by atoms with van der Waals surface area (Å²) in [5.74, 6) is 1.50. The van der Waals surface area contributed by atoms with Crippen molar-refractivity contribution in [2.24, 2.45) is 5.73 Å². The molecular weight excluding hydrogens is 178 g/mol. The van der Waals surface area contributed by atoms with Gasteiger partial charge in [0.1, 0.15) is 6.61 Å². The lowest BCUT2D eigenvalue weighted by Crippen LogP contribution is -2.26. The Bertz CT molecular complexity index is 276. The first-order valence-corrected chi connectivity index (χ1v) is 4.79. The molecule has 0 bridgehead atoms. The summed E-state index contributed by atoms with van der Waals surface area (Å²) in [6.45, 7) is 2.56. The van der Waals surface area contributed by atoms with Gasteiger partial charge in [0, 0.05) is 6.04 Å². The number of hydrogen-bond acceptors (Lipinski definition) is 3. The highest BCUT2D eigenvalue weighted by Crippen LogP contribution is 2.25. The van der Waals surface area contributed by atoms with Crippen LogP contribution in [0.1, 0.15) is 13.3 Å². The van der Waals surface area contributed by atoms with E-state index in [9.17, 15) is 0 Å². The molecule has 1 atom stereocenters. The zero-order valence-corrected chi connectivity index (χ0v) is 8.69. The number of hydrogen-bond donors (Lipinski definition) is 1. The minimum atomic E-state index is 0.0833. The Morgan fingerprint density at radius 3 is 2.50 bits per heavy atom. The van der Waals surface area contributed by atoms with Crippen LogP contribution in [0.3, 0.4) is 0 Å². The summed E-state index contributed by atoms with van der Waals surface area (Å²) in [6, 6.07) is 7.65. The lowest BCUT2D eigenvalue weighted by molar-refractivity contribution is 0.269. The van der Waals surface area contributed by atoms with Crippen LogP contribution >= 0.6 is 0 Å². The second-order valence-corrected chi connectivity index (χ2v) is 3.13. The molecule has 1 aromatic carbocycles. The van der Waals surface area contributed by atoms with Gasteiger partial charge in [0.05, 0.1) is 7.11 Å². The largest absolute Gasteiger partial charge is 0.493 e. The van der Waals surface area contributed by atoms with Crippen LogP contribution in [0.25, 0.3) is 0 Å². The average Bonchev–Trinajstić information content (AvgIpc) is 2.26. The molecule has 1 unspecified atom stereocenters. The molecule has 0 amide bonds. The van der Waals surface area contributed by atoms with E-state index in [1.807, 2.05) is 31.2 Å². The van der Waals surface area contributed by atoms with Crippen LogP contribution in [0.4, 0.5) is 0 Å². The Morgan fingerprint density at radius 1 is 1.29 bits per heavy atom. The maximum atomic E-state index is 5.75. The molecule has 0 saturated heterocycles.